The Bertz CT molecular complexity index is 728. The van der Waals surface area contributed by atoms with Crippen molar-refractivity contribution in [1.82, 2.24) is 25.9 Å². The van der Waals surface area contributed by atoms with Crippen molar-refractivity contribution in [2.24, 2.45) is 11.1 Å². The second-order valence-electron chi connectivity index (χ2n) is 6.96. The zero-order valence-corrected chi connectivity index (χ0v) is 14.7. The molecule has 25 heavy (non-hydrogen) atoms. The minimum absolute atomic E-state index is 0.0162. The lowest BCUT2D eigenvalue weighted by Gasteiger charge is -2.57. The summed E-state index contributed by atoms with van der Waals surface area (Å²) in [5.41, 5.74) is 6.91. The summed E-state index contributed by atoms with van der Waals surface area (Å²) in [5, 5.41) is 16.8. The molecule has 2 atom stereocenters. The molecule has 1 fully saturated rings. The Kier molecular flexibility index (Phi) is 4.57. The molecule has 1 aliphatic carbocycles. The third kappa shape index (κ3) is 3.03. The lowest BCUT2D eigenvalue weighted by molar-refractivity contribution is -0.170. The zero-order chi connectivity index (χ0) is 18.1. The van der Waals surface area contributed by atoms with Crippen LogP contribution < -0.4 is 11.1 Å². The lowest BCUT2D eigenvalue weighted by Crippen LogP contribution is -2.75. The maximum Gasteiger partial charge on any atom is 0.241 e. The third-order valence-electron chi connectivity index (χ3n) is 5.25. The second-order valence-corrected chi connectivity index (χ2v) is 6.96. The molecule has 1 aromatic heterocycles. The summed E-state index contributed by atoms with van der Waals surface area (Å²) in [7, 11) is 0. The number of nitrogens with two attached hydrogens (primary N) is 1. The summed E-state index contributed by atoms with van der Waals surface area (Å²) >= 11 is 0. The van der Waals surface area contributed by atoms with Crippen LogP contribution in [0.25, 0.3) is 11.4 Å². The van der Waals surface area contributed by atoms with E-state index in [0.717, 1.165) is 11.1 Å². The average Bonchev–Trinajstić information content (AvgIpc) is 3.14. The number of H-pyrrole nitrogens is 1. The number of nitrogens with one attached hydrogen (secondary N) is 2. The molecule has 134 valence electrons. The number of hydrogen-bond acceptors (Lipinski definition) is 6. The van der Waals surface area contributed by atoms with Crippen molar-refractivity contribution in [2.75, 3.05) is 6.61 Å². The van der Waals surface area contributed by atoms with Gasteiger partial charge in [-0.05, 0) is 17.7 Å². The largest absolute Gasteiger partial charge is 0.378 e. The molecule has 8 heteroatoms. The Hall–Kier alpha value is -2.32. The van der Waals surface area contributed by atoms with Crippen LogP contribution in [0, 0.1) is 5.41 Å². The highest BCUT2D eigenvalue weighted by molar-refractivity contribution is 5.88. The molecule has 0 bridgehead atoms. The Labute approximate surface area is 146 Å². The molecule has 0 aliphatic heterocycles. The van der Waals surface area contributed by atoms with Crippen molar-refractivity contribution >= 4 is 5.91 Å². The number of tetrazole rings is 1. The van der Waals surface area contributed by atoms with E-state index < -0.39 is 11.0 Å². The van der Waals surface area contributed by atoms with Gasteiger partial charge in [0.25, 0.3) is 0 Å². The van der Waals surface area contributed by atoms with E-state index in [0.29, 0.717) is 25.4 Å². The first kappa shape index (κ1) is 17.5. The van der Waals surface area contributed by atoms with Crippen LogP contribution in [0.4, 0.5) is 0 Å². The Morgan fingerprint density at radius 1 is 1.40 bits per heavy atom. The topological polar surface area (TPSA) is 119 Å². The van der Waals surface area contributed by atoms with E-state index in [4.69, 9.17) is 10.5 Å². The molecular formula is C17H24N6O2. The van der Waals surface area contributed by atoms with E-state index in [1.165, 1.54) is 0 Å². The van der Waals surface area contributed by atoms with Gasteiger partial charge >= 0.3 is 0 Å². The van der Waals surface area contributed by atoms with Gasteiger partial charge in [0.05, 0.1) is 6.10 Å². The van der Waals surface area contributed by atoms with Gasteiger partial charge < -0.3 is 15.8 Å². The van der Waals surface area contributed by atoms with E-state index in [9.17, 15) is 4.79 Å². The Morgan fingerprint density at radius 3 is 2.68 bits per heavy atom. The number of ether oxygens (including phenoxy) is 1. The normalized spacial score (nSPS) is 24.6. The molecule has 1 aromatic carbocycles. The number of amides is 1. The molecule has 4 N–H and O–H groups in total. The van der Waals surface area contributed by atoms with Gasteiger partial charge in [0.15, 0.2) is 0 Å². The fraction of sp³-hybridized carbons (Fsp3) is 0.529. The summed E-state index contributed by atoms with van der Waals surface area (Å²) in [5.74, 6) is 0.394. The molecule has 0 radical (unpaired) electrons. The second kappa shape index (κ2) is 6.53. The summed E-state index contributed by atoms with van der Waals surface area (Å²) in [6.45, 7) is 6.95. The highest BCUT2D eigenvalue weighted by Gasteiger charge is 2.62. The Balaban J connectivity index is 1.59. The molecule has 0 spiro atoms. The number of carbonyl (C=O) groups excluding carboxylic acids is 1. The zero-order valence-electron chi connectivity index (χ0n) is 14.7. The van der Waals surface area contributed by atoms with Crippen molar-refractivity contribution in [2.45, 2.75) is 45.4 Å². The summed E-state index contributed by atoms with van der Waals surface area (Å²) in [6, 6.07) is 7.63. The van der Waals surface area contributed by atoms with Crippen LogP contribution in [0.3, 0.4) is 0 Å². The van der Waals surface area contributed by atoms with Crippen LogP contribution >= 0.6 is 0 Å². The maximum absolute atomic E-state index is 12.6. The molecule has 1 amide bonds. The van der Waals surface area contributed by atoms with E-state index in [2.05, 4.69) is 25.9 Å². The number of aromatic nitrogens is 4. The predicted molar refractivity (Wildman–Crippen MR) is 92.2 cm³/mol. The maximum atomic E-state index is 12.6. The standard InChI is InChI=1S/C17H24N6O2/c1-4-25-13-9-17(18,16(13,2)3)15(24)19-10-11-5-7-12(8-6-11)14-20-22-23-21-14/h5-8,13H,4,9-10,18H2,1-3H3,(H,19,24)(H,20,21,22,23). The Morgan fingerprint density at radius 2 is 2.12 bits per heavy atom. The quantitative estimate of drug-likeness (QED) is 0.720. The first-order chi connectivity index (χ1) is 11.9. The molecule has 1 aliphatic rings. The number of carbonyl (C=O) groups is 1. The summed E-state index contributed by atoms with van der Waals surface area (Å²) in [6.07, 6.45) is 0.554. The van der Waals surface area contributed by atoms with E-state index in [-0.39, 0.29) is 12.0 Å². The molecule has 8 nitrogen and oxygen atoms in total. The first-order valence-electron chi connectivity index (χ1n) is 8.40. The van der Waals surface area contributed by atoms with Crippen molar-refractivity contribution in [3.05, 3.63) is 29.8 Å². The van der Waals surface area contributed by atoms with Crippen LogP contribution in [0.1, 0.15) is 32.8 Å². The number of aromatic amines is 1. The van der Waals surface area contributed by atoms with Crippen LogP contribution in [-0.4, -0.2) is 44.8 Å². The van der Waals surface area contributed by atoms with Crippen LogP contribution in [-0.2, 0) is 16.1 Å². The highest BCUT2D eigenvalue weighted by atomic mass is 16.5. The van der Waals surface area contributed by atoms with Gasteiger partial charge in [0.2, 0.25) is 11.7 Å². The molecule has 2 unspecified atom stereocenters. The lowest BCUT2D eigenvalue weighted by atomic mass is 9.54. The summed E-state index contributed by atoms with van der Waals surface area (Å²) in [4.78, 5) is 12.6. The summed E-state index contributed by atoms with van der Waals surface area (Å²) < 4.78 is 5.67. The fourth-order valence-electron chi connectivity index (χ4n) is 3.22. The molecule has 1 heterocycles. The van der Waals surface area contributed by atoms with Gasteiger partial charge in [0, 0.05) is 30.6 Å². The molecule has 0 saturated heterocycles. The van der Waals surface area contributed by atoms with Crippen LogP contribution in [0.5, 0.6) is 0 Å². The molecule has 3 rings (SSSR count). The average molecular weight is 344 g/mol. The van der Waals surface area contributed by atoms with Crippen molar-refractivity contribution in [1.29, 1.82) is 0 Å². The molecule has 2 aromatic rings. The minimum atomic E-state index is -0.905. The predicted octanol–water partition coefficient (Wildman–Crippen LogP) is 1.02. The highest BCUT2D eigenvalue weighted by Crippen LogP contribution is 2.49. The number of nitrogens with zero attached hydrogens (tertiary/aromatic N) is 3. The van der Waals surface area contributed by atoms with Gasteiger partial charge in [-0.25, -0.2) is 0 Å². The van der Waals surface area contributed by atoms with E-state index in [1.807, 2.05) is 45.0 Å². The van der Waals surface area contributed by atoms with Crippen molar-refractivity contribution in [3.63, 3.8) is 0 Å². The van der Waals surface area contributed by atoms with Crippen LogP contribution in [0.2, 0.25) is 0 Å². The number of hydrogen-bond donors (Lipinski definition) is 3. The van der Waals surface area contributed by atoms with Gasteiger partial charge in [-0.3, -0.25) is 4.79 Å². The SMILES string of the molecule is CCOC1CC(N)(C(=O)NCc2ccc(-c3nn[nH]n3)cc2)C1(C)C. The van der Waals surface area contributed by atoms with E-state index in [1.54, 1.807) is 0 Å². The van der Waals surface area contributed by atoms with Crippen LogP contribution in [0.15, 0.2) is 24.3 Å². The number of benzene rings is 1. The fourth-order valence-corrected chi connectivity index (χ4v) is 3.22. The number of rotatable bonds is 6. The van der Waals surface area contributed by atoms with Gasteiger partial charge in [-0.1, -0.05) is 38.1 Å². The third-order valence-corrected chi connectivity index (χ3v) is 5.25. The van der Waals surface area contributed by atoms with E-state index >= 15 is 0 Å². The van der Waals surface area contributed by atoms with Gasteiger partial charge in [-0.15, -0.1) is 10.2 Å². The smallest absolute Gasteiger partial charge is 0.241 e. The minimum Gasteiger partial charge on any atom is -0.378 e. The first-order valence-corrected chi connectivity index (χ1v) is 8.40. The van der Waals surface area contributed by atoms with Gasteiger partial charge in [-0.2, -0.15) is 5.21 Å². The molecule has 1 saturated carbocycles. The monoisotopic (exact) mass is 344 g/mol. The molecular weight excluding hydrogens is 320 g/mol. The van der Waals surface area contributed by atoms with Crippen molar-refractivity contribution < 1.29 is 9.53 Å². The van der Waals surface area contributed by atoms with Crippen molar-refractivity contribution in [3.8, 4) is 11.4 Å². The van der Waals surface area contributed by atoms with Gasteiger partial charge in [0.1, 0.15) is 5.54 Å².